The van der Waals surface area contributed by atoms with Crippen LogP contribution in [0.25, 0.3) is 0 Å². The first-order valence-electron chi connectivity index (χ1n) is 5.68. The summed E-state index contributed by atoms with van der Waals surface area (Å²) in [7, 11) is 0. The van der Waals surface area contributed by atoms with Crippen LogP contribution in [0.5, 0.6) is 0 Å². The molecule has 0 aliphatic heterocycles. The van der Waals surface area contributed by atoms with Crippen molar-refractivity contribution < 1.29 is 14.7 Å². The highest BCUT2D eigenvalue weighted by molar-refractivity contribution is 5.87. The van der Waals surface area contributed by atoms with Crippen molar-refractivity contribution in [2.24, 2.45) is 17.1 Å². The second-order valence-corrected chi connectivity index (χ2v) is 4.75. The molecule has 1 saturated carbocycles. The number of hydrogen-bond acceptors (Lipinski definition) is 3. The lowest BCUT2D eigenvalue weighted by atomic mass is 9.86. The molecule has 0 spiro atoms. The highest BCUT2D eigenvalue weighted by Gasteiger charge is 2.40. The number of nitrogens with two attached hydrogens (primary N) is 1. The Labute approximate surface area is 95.4 Å². The van der Waals surface area contributed by atoms with Gasteiger partial charge in [-0.25, -0.2) is 4.79 Å². The largest absolute Gasteiger partial charge is 0.480 e. The van der Waals surface area contributed by atoms with Gasteiger partial charge in [0.2, 0.25) is 5.91 Å². The molecule has 4 N–H and O–H groups in total. The fraction of sp³-hybridized carbons (Fsp3) is 0.818. The third kappa shape index (κ3) is 2.72. The average Bonchev–Trinajstić information content (AvgIpc) is 3.07. The molecule has 5 heteroatoms. The Bertz CT molecular complexity index is 283. The van der Waals surface area contributed by atoms with Gasteiger partial charge in [-0.2, -0.15) is 0 Å². The van der Waals surface area contributed by atoms with E-state index >= 15 is 0 Å². The number of rotatable bonds is 6. The average molecular weight is 228 g/mol. The Morgan fingerprint density at radius 3 is 2.44 bits per heavy atom. The van der Waals surface area contributed by atoms with Crippen LogP contribution in [0, 0.1) is 11.3 Å². The molecule has 1 fully saturated rings. The number of nitrogens with one attached hydrogen (secondary N) is 1. The van der Waals surface area contributed by atoms with Crippen molar-refractivity contribution >= 4 is 11.9 Å². The minimum atomic E-state index is -0.952. The molecule has 0 heterocycles. The fourth-order valence-electron chi connectivity index (χ4n) is 1.52. The molecule has 1 amide bonds. The highest BCUT2D eigenvalue weighted by Crippen LogP contribution is 2.33. The lowest BCUT2D eigenvalue weighted by Gasteiger charge is -2.27. The lowest BCUT2D eigenvalue weighted by molar-refractivity contribution is -0.144. The summed E-state index contributed by atoms with van der Waals surface area (Å²) >= 11 is 0. The predicted molar refractivity (Wildman–Crippen MR) is 59.7 cm³/mol. The van der Waals surface area contributed by atoms with Gasteiger partial charge in [0.05, 0.1) is 5.41 Å². The number of amides is 1. The van der Waals surface area contributed by atoms with Crippen LogP contribution < -0.4 is 11.1 Å². The van der Waals surface area contributed by atoms with Gasteiger partial charge in [-0.05, 0) is 32.1 Å². The smallest absolute Gasteiger partial charge is 0.326 e. The highest BCUT2D eigenvalue weighted by atomic mass is 16.4. The zero-order valence-electron chi connectivity index (χ0n) is 9.82. The van der Waals surface area contributed by atoms with Gasteiger partial charge in [0.15, 0.2) is 0 Å². The normalized spacial score (nSPS) is 20.9. The summed E-state index contributed by atoms with van der Waals surface area (Å²) in [5.41, 5.74) is 4.89. The van der Waals surface area contributed by atoms with Crippen LogP contribution >= 0.6 is 0 Å². The van der Waals surface area contributed by atoms with E-state index in [1.165, 1.54) is 0 Å². The van der Waals surface area contributed by atoms with Crippen LogP contribution in [0.3, 0.4) is 0 Å². The Morgan fingerprint density at radius 2 is 2.12 bits per heavy atom. The zero-order chi connectivity index (χ0) is 12.3. The fourth-order valence-corrected chi connectivity index (χ4v) is 1.52. The Hall–Kier alpha value is -1.10. The summed E-state index contributed by atoms with van der Waals surface area (Å²) in [6.07, 6.45) is 2.36. The zero-order valence-corrected chi connectivity index (χ0v) is 9.82. The van der Waals surface area contributed by atoms with E-state index in [1.807, 2.05) is 6.92 Å². The molecule has 1 rings (SSSR count). The summed E-state index contributed by atoms with van der Waals surface area (Å²) in [6.45, 7) is 3.86. The standard InChI is InChI=1S/C11H20N2O3/c1-3-11(2,6-12)10(16)13-8(9(14)15)7-4-5-7/h7-8H,3-6,12H2,1-2H3,(H,13,16)(H,14,15). The van der Waals surface area contributed by atoms with Crippen molar-refractivity contribution in [2.75, 3.05) is 6.54 Å². The van der Waals surface area contributed by atoms with E-state index in [0.29, 0.717) is 6.42 Å². The van der Waals surface area contributed by atoms with E-state index in [1.54, 1.807) is 6.92 Å². The molecule has 0 bridgehead atoms. The second-order valence-electron chi connectivity index (χ2n) is 4.75. The molecule has 2 atom stereocenters. The number of aliphatic carboxylic acids is 1. The Morgan fingerprint density at radius 1 is 1.56 bits per heavy atom. The summed E-state index contributed by atoms with van der Waals surface area (Å²) in [6, 6.07) is -0.745. The molecule has 0 aromatic rings. The SMILES string of the molecule is CCC(C)(CN)C(=O)NC(C(=O)O)C1CC1. The van der Waals surface area contributed by atoms with Crippen molar-refractivity contribution in [1.29, 1.82) is 0 Å². The molecule has 0 saturated heterocycles. The van der Waals surface area contributed by atoms with Gasteiger partial charge in [-0.3, -0.25) is 4.79 Å². The molecule has 16 heavy (non-hydrogen) atoms. The number of hydrogen-bond donors (Lipinski definition) is 3. The minimum Gasteiger partial charge on any atom is -0.480 e. The van der Waals surface area contributed by atoms with E-state index < -0.39 is 17.4 Å². The molecule has 1 aliphatic rings. The van der Waals surface area contributed by atoms with Crippen molar-refractivity contribution in [3.8, 4) is 0 Å². The second kappa shape index (κ2) is 4.82. The maximum Gasteiger partial charge on any atom is 0.326 e. The van der Waals surface area contributed by atoms with Gasteiger partial charge in [0.1, 0.15) is 6.04 Å². The molecule has 92 valence electrons. The summed E-state index contributed by atoms with van der Waals surface area (Å²) in [4.78, 5) is 22.9. The Balaban J connectivity index is 2.64. The molecule has 0 aromatic heterocycles. The maximum atomic E-state index is 11.9. The number of carbonyl (C=O) groups is 2. The van der Waals surface area contributed by atoms with Gasteiger partial charge in [-0.1, -0.05) is 6.92 Å². The molecule has 1 aliphatic carbocycles. The van der Waals surface area contributed by atoms with Crippen LogP contribution in [-0.4, -0.2) is 29.6 Å². The van der Waals surface area contributed by atoms with Crippen molar-refractivity contribution in [3.05, 3.63) is 0 Å². The first-order chi connectivity index (χ1) is 7.44. The van der Waals surface area contributed by atoms with Crippen LogP contribution in [-0.2, 0) is 9.59 Å². The van der Waals surface area contributed by atoms with Crippen LogP contribution in [0.1, 0.15) is 33.1 Å². The monoisotopic (exact) mass is 228 g/mol. The van der Waals surface area contributed by atoms with E-state index in [9.17, 15) is 9.59 Å². The van der Waals surface area contributed by atoms with E-state index in [2.05, 4.69) is 5.32 Å². The summed E-state index contributed by atoms with van der Waals surface area (Å²) in [5.74, 6) is -1.11. The van der Waals surface area contributed by atoms with E-state index in [0.717, 1.165) is 12.8 Å². The number of carboxylic acid groups (broad SMARTS) is 1. The van der Waals surface area contributed by atoms with Crippen LogP contribution in [0.2, 0.25) is 0 Å². The summed E-state index contributed by atoms with van der Waals surface area (Å²) < 4.78 is 0. The van der Waals surface area contributed by atoms with Crippen LogP contribution in [0.15, 0.2) is 0 Å². The molecule has 2 unspecified atom stereocenters. The van der Waals surface area contributed by atoms with Gasteiger partial charge in [0, 0.05) is 6.54 Å². The molecule has 0 aromatic carbocycles. The maximum absolute atomic E-state index is 11.9. The molecule has 0 radical (unpaired) electrons. The topological polar surface area (TPSA) is 92.4 Å². The van der Waals surface area contributed by atoms with Gasteiger partial charge in [-0.15, -0.1) is 0 Å². The van der Waals surface area contributed by atoms with Gasteiger partial charge < -0.3 is 16.2 Å². The van der Waals surface area contributed by atoms with E-state index in [4.69, 9.17) is 10.8 Å². The third-order valence-corrected chi connectivity index (χ3v) is 3.43. The number of carboxylic acids is 1. The first-order valence-corrected chi connectivity index (χ1v) is 5.68. The van der Waals surface area contributed by atoms with Crippen molar-refractivity contribution in [2.45, 2.75) is 39.2 Å². The molecule has 5 nitrogen and oxygen atoms in total. The van der Waals surface area contributed by atoms with Crippen molar-refractivity contribution in [1.82, 2.24) is 5.32 Å². The summed E-state index contributed by atoms with van der Waals surface area (Å²) in [5, 5.41) is 11.6. The number of carbonyl (C=O) groups excluding carboxylic acids is 1. The first kappa shape index (κ1) is 13.0. The molecular formula is C11H20N2O3. The quantitative estimate of drug-likeness (QED) is 0.611. The van der Waals surface area contributed by atoms with Crippen molar-refractivity contribution in [3.63, 3.8) is 0 Å². The van der Waals surface area contributed by atoms with Gasteiger partial charge >= 0.3 is 5.97 Å². The predicted octanol–water partition coefficient (Wildman–Crippen LogP) is 0.341. The van der Waals surface area contributed by atoms with Crippen LogP contribution in [0.4, 0.5) is 0 Å². The Kier molecular flexibility index (Phi) is 3.91. The third-order valence-electron chi connectivity index (χ3n) is 3.43. The van der Waals surface area contributed by atoms with E-state index in [-0.39, 0.29) is 18.4 Å². The lowest BCUT2D eigenvalue weighted by Crippen LogP contribution is -2.50. The molecular weight excluding hydrogens is 208 g/mol. The van der Waals surface area contributed by atoms with Gasteiger partial charge in [0.25, 0.3) is 0 Å². The minimum absolute atomic E-state index is 0.0975.